The zero-order chi connectivity index (χ0) is 13.0. The molecule has 2 aliphatic rings. The zero-order valence-corrected chi connectivity index (χ0v) is 12.4. The van der Waals surface area contributed by atoms with Crippen molar-refractivity contribution in [1.82, 2.24) is 10.2 Å². The van der Waals surface area contributed by atoms with Crippen molar-refractivity contribution in [3.8, 4) is 0 Å². The summed E-state index contributed by atoms with van der Waals surface area (Å²) in [5.41, 5.74) is 0. The molecule has 2 saturated heterocycles. The number of hydrogen-bond acceptors (Lipinski definition) is 6. The largest absolute Gasteiger partial charge is 0.376 e. The zero-order valence-electron chi connectivity index (χ0n) is 10.8. The average Bonchev–Trinajstić information content (AvgIpc) is 2.37. The molecule has 0 spiro atoms. The molecule has 0 saturated carbocycles. The lowest BCUT2D eigenvalue weighted by molar-refractivity contribution is 0.0171. The van der Waals surface area contributed by atoms with Gasteiger partial charge in [-0.05, 0) is 6.42 Å². The maximum Gasteiger partial charge on any atom is 0.164 e. The smallest absolute Gasteiger partial charge is 0.164 e. The summed E-state index contributed by atoms with van der Waals surface area (Å²) in [6, 6.07) is 0. The van der Waals surface area contributed by atoms with Crippen molar-refractivity contribution >= 4 is 21.6 Å². The van der Waals surface area contributed by atoms with Gasteiger partial charge in [-0.3, -0.25) is 4.90 Å². The second-order valence-electron chi connectivity index (χ2n) is 4.88. The average molecular weight is 294 g/mol. The van der Waals surface area contributed by atoms with Crippen molar-refractivity contribution in [2.45, 2.75) is 17.9 Å². The molecule has 1 N–H and O–H groups in total. The summed E-state index contributed by atoms with van der Waals surface area (Å²) in [5.74, 6) is 1.72. The fraction of sp³-hybridized carbons (Fsp3) is 1.00. The van der Waals surface area contributed by atoms with E-state index >= 15 is 0 Å². The van der Waals surface area contributed by atoms with E-state index in [4.69, 9.17) is 4.74 Å². The molecule has 0 aliphatic carbocycles. The van der Waals surface area contributed by atoms with Gasteiger partial charge in [0.25, 0.3) is 0 Å². The van der Waals surface area contributed by atoms with E-state index in [0.717, 1.165) is 45.0 Å². The van der Waals surface area contributed by atoms with Gasteiger partial charge in [-0.15, -0.1) is 0 Å². The molecule has 2 heterocycles. The summed E-state index contributed by atoms with van der Waals surface area (Å²) in [5, 5.41) is 2.99. The Bertz CT molecular complexity index is 355. The van der Waals surface area contributed by atoms with Crippen LogP contribution in [0.3, 0.4) is 0 Å². The third-order valence-corrected chi connectivity index (χ3v) is 6.11. The number of morpholine rings is 1. The molecule has 2 aliphatic heterocycles. The van der Waals surface area contributed by atoms with Crippen molar-refractivity contribution < 1.29 is 13.2 Å². The summed E-state index contributed by atoms with van der Waals surface area (Å²) in [6.07, 6.45) is 2.48. The molecule has 0 bridgehead atoms. The van der Waals surface area contributed by atoms with Gasteiger partial charge in [0.2, 0.25) is 0 Å². The van der Waals surface area contributed by atoms with Crippen LogP contribution in [0.1, 0.15) is 6.42 Å². The van der Waals surface area contributed by atoms with Gasteiger partial charge >= 0.3 is 0 Å². The topological polar surface area (TPSA) is 58.6 Å². The highest BCUT2D eigenvalue weighted by Gasteiger charge is 2.31. The summed E-state index contributed by atoms with van der Waals surface area (Å²) >= 11 is 1.73. The fourth-order valence-corrected chi connectivity index (χ4v) is 5.35. The van der Waals surface area contributed by atoms with Gasteiger partial charge in [-0.25, -0.2) is 8.42 Å². The minimum Gasteiger partial charge on any atom is -0.376 e. The van der Waals surface area contributed by atoms with Crippen LogP contribution < -0.4 is 5.32 Å². The van der Waals surface area contributed by atoms with E-state index in [9.17, 15) is 8.42 Å². The molecule has 0 aromatic heterocycles. The molecule has 5 nitrogen and oxygen atoms in total. The Labute approximate surface area is 114 Å². The molecular weight excluding hydrogens is 272 g/mol. The van der Waals surface area contributed by atoms with E-state index in [1.165, 1.54) is 6.26 Å². The van der Waals surface area contributed by atoms with Crippen LogP contribution in [0.4, 0.5) is 0 Å². The van der Waals surface area contributed by atoms with Gasteiger partial charge in [0.15, 0.2) is 9.84 Å². The Hall–Kier alpha value is 0.180. The van der Waals surface area contributed by atoms with Crippen LogP contribution >= 0.6 is 11.8 Å². The Morgan fingerprint density at radius 3 is 3.00 bits per heavy atom. The maximum atomic E-state index is 11.7. The highest BCUT2D eigenvalue weighted by atomic mass is 32.2. The van der Waals surface area contributed by atoms with Crippen molar-refractivity contribution in [3.63, 3.8) is 0 Å². The van der Waals surface area contributed by atoms with Crippen LogP contribution in [-0.2, 0) is 14.6 Å². The van der Waals surface area contributed by atoms with E-state index in [1.807, 2.05) is 0 Å². The van der Waals surface area contributed by atoms with Crippen LogP contribution in [0.5, 0.6) is 0 Å². The number of hydrogen-bond donors (Lipinski definition) is 1. The Morgan fingerprint density at radius 2 is 2.33 bits per heavy atom. The maximum absolute atomic E-state index is 11.7. The van der Waals surface area contributed by atoms with Gasteiger partial charge in [0.1, 0.15) is 5.37 Å². The summed E-state index contributed by atoms with van der Waals surface area (Å²) in [4.78, 5) is 2.10. The third-order valence-electron chi connectivity index (χ3n) is 3.43. The SMILES string of the molecule is CS(=O)(=O)C1CSCCN1CCC1CNCCO1. The minimum atomic E-state index is -2.98. The molecule has 7 heteroatoms. The third kappa shape index (κ3) is 4.09. The molecule has 0 aromatic carbocycles. The van der Waals surface area contributed by atoms with Crippen molar-refractivity contribution in [3.05, 3.63) is 0 Å². The van der Waals surface area contributed by atoms with E-state index < -0.39 is 9.84 Å². The van der Waals surface area contributed by atoms with Crippen LogP contribution in [0.15, 0.2) is 0 Å². The lowest BCUT2D eigenvalue weighted by Gasteiger charge is -2.35. The number of sulfone groups is 1. The quantitative estimate of drug-likeness (QED) is 0.774. The molecule has 2 unspecified atom stereocenters. The molecule has 2 fully saturated rings. The molecule has 0 radical (unpaired) electrons. The fourth-order valence-electron chi connectivity index (χ4n) is 2.38. The second-order valence-corrected chi connectivity index (χ2v) is 8.23. The second kappa shape index (κ2) is 6.56. The lowest BCUT2D eigenvalue weighted by atomic mass is 10.2. The highest BCUT2D eigenvalue weighted by molar-refractivity contribution is 8.00. The Kier molecular flexibility index (Phi) is 5.32. The number of rotatable bonds is 4. The molecule has 18 heavy (non-hydrogen) atoms. The van der Waals surface area contributed by atoms with Crippen LogP contribution in [0.25, 0.3) is 0 Å². The van der Waals surface area contributed by atoms with E-state index in [1.54, 1.807) is 11.8 Å². The molecule has 2 atom stereocenters. The van der Waals surface area contributed by atoms with Crippen molar-refractivity contribution in [1.29, 1.82) is 0 Å². The predicted molar refractivity (Wildman–Crippen MR) is 74.8 cm³/mol. The first kappa shape index (κ1) is 14.6. The minimum absolute atomic E-state index is 0.230. The highest BCUT2D eigenvalue weighted by Crippen LogP contribution is 2.21. The normalized spacial score (nSPS) is 31.4. The number of nitrogens with one attached hydrogen (secondary N) is 1. The molecule has 2 rings (SSSR count). The van der Waals surface area contributed by atoms with Gasteiger partial charge in [0.05, 0.1) is 12.7 Å². The van der Waals surface area contributed by atoms with Gasteiger partial charge in [-0.1, -0.05) is 0 Å². The van der Waals surface area contributed by atoms with Gasteiger partial charge in [0, 0.05) is 43.9 Å². The number of thioether (sulfide) groups is 1. The first-order chi connectivity index (χ1) is 8.57. The Balaban J connectivity index is 1.85. The van der Waals surface area contributed by atoms with Gasteiger partial charge in [-0.2, -0.15) is 11.8 Å². The molecule has 0 aromatic rings. The van der Waals surface area contributed by atoms with Crippen molar-refractivity contribution in [2.75, 3.05) is 50.5 Å². The molecule has 106 valence electrons. The van der Waals surface area contributed by atoms with E-state index in [-0.39, 0.29) is 11.5 Å². The number of nitrogens with zero attached hydrogens (tertiary/aromatic N) is 1. The van der Waals surface area contributed by atoms with E-state index in [2.05, 4.69) is 10.2 Å². The summed E-state index contributed by atoms with van der Waals surface area (Å²) < 4.78 is 29.1. The summed E-state index contributed by atoms with van der Waals surface area (Å²) in [6.45, 7) is 4.23. The molecular formula is C11H22N2O3S2. The Morgan fingerprint density at radius 1 is 1.50 bits per heavy atom. The van der Waals surface area contributed by atoms with Crippen molar-refractivity contribution in [2.24, 2.45) is 0 Å². The van der Waals surface area contributed by atoms with Crippen LogP contribution in [0, 0.1) is 0 Å². The first-order valence-corrected chi connectivity index (χ1v) is 9.51. The van der Waals surface area contributed by atoms with Crippen LogP contribution in [-0.4, -0.2) is 75.3 Å². The first-order valence-electron chi connectivity index (χ1n) is 6.40. The standard InChI is InChI=1S/C11H22N2O3S2/c1-18(14,15)11-9-17-7-5-13(11)4-2-10-8-12-3-6-16-10/h10-12H,2-9H2,1H3. The lowest BCUT2D eigenvalue weighted by Crippen LogP contribution is -2.48. The van der Waals surface area contributed by atoms with Gasteiger partial charge < -0.3 is 10.1 Å². The van der Waals surface area contributed by atoms with Crippen LogP contribution in [0.2, 0.25) is 0 Å². The predicted octanol–water partition coefficient (Wildman–Crippen LogP) is -0.216. The number of ether oxygens (including phenoxy) is 1. The molecule has 0 amide bonds. The monoisotopic (exact) mass is 294 g/mol. The van der Waals surface area contributed by atoms with E-state index in [0.29, 0.717) is 5.75 Å². The summed E-state index contributed by atoms with van der Waals surface area (Å²) in [7, 11) is -2.98.